The number of nitrogens with zero attached hydrogens (tertiary/aromatic N) is 2. The Hall–Kier alpha value is -2.67. The maximum absolute atomic E-state index is 14.7. The summed E-state index contributed by atoms with van der Waals surface area (Å²) in [5.74, 6) is -0.518. The Kier molecular flexibility index (Phi) is 8.07. The molecule has 1 heterocycles. The van der Waals surface area contributed by atoms with E-state index in [1.54, 1.807) is 6.92 Å². The highest BCUT2D eigenvalue weighted by molar-refractivity contribution is 5.74. The Labute approximate surface area is 189 Å². The number of carbonyl (C=O) groups excluding carboxylic acids is 1. The lowest BCUT2D eigenvalue weighted by Crippen LogP contribution is -2.48. The van der Waals surface area contributed by atoms with Gasteiger partial charge >= 0.3 is 6.03 Å². The van der Waals surface area contributed by atoms with Crippen LogP contribution in [0.25, 0.3) is 0 Å². The molecule has 1 N–H and O–H groups in total. The van der Waals surface area contributed by atoms with Crippen molar-refractivity contribution in [1.82, 2.24) is 15.1 Å². The van der Waals surface area contributed by atoms with Gasteiger partial charge in [-0.05, 0) is 83.1 Å². The zero-order valence-electron chi connectivity index (χ0n) is 19.3. The Morgan fingerprint density at radius 1 is 1.12 bits per heavy atom. The molecule has 0 unspecified atom stereocenters. The van der Waals surface area contributed by atoms with Crippen molar-refractivity contribution in [2.24, 2.45) is 0 Å². The maximum Gasteiger partial charge on any atom is 0.318 e. The van der Waals surface area contributed by atoms with Crippen molar-refractivity contribution < 1.29 is 18.3 Å². The van der Waals surface area contributed by atoms with Crippen molar-refractivity contribution in [3.05, 3.63) is 64.7 Å². The van der Waals surface area contributed by atoms with Gasteiger partial charge in [0, 0.05) is 18.2 Å². The molecule has 0 bridgehead atoms. The van der Waals surface area contributed by atoms with E-state index in [-0.39, 0.29) is 36.8 Å². The van der Waals surface area contributed by atoms with Crippen LogP contribution in [0.15, 0.2) is 36.4 Å². The van der Waals surface area contributed by atoms with Crippen LogP contribution in [0.1, 0.15) is 43.4 Å². The molecule has 1 fully saturated rings. The van der Waals surface area contributed by atoms with Gasteiger partial charge in [0.25, 0.3) is 0 Å². The molecule has 2 amide bonds. The second-order valence-electron chi connectivity index (χ2n) is 8.85. The first kappa shape index (κ1) is 24.0. The summed E-state index contributed by atoms with van der Waals surface area (Å²) in [5.41, 5.74) is 1.11. The first-order valence-corrected chi connectivity index (χ1v) is 11.2. The molecule has 0 aromatic heterocycles. The Balaban J connectivity index is 1.79. The van der Waals surface area contributed by atoms with Crippen molar-refractivity contribution in [1.29, 1.82) is 0 Å². The summed E-state index contributed by atoms with van der Waals surface area (Å²) in [6.45, 7) is 7.39. The number of urea groups is 1. The number of benzene rings is 2. The van der Waals surface area contributed by atoms with E-state index in [9.17, 15) is 13.6 Å². The van der Waals surface area contributed by atoms with Crippen LogP contribution < -0.4 is 10.1 Å². The Bertz CT molecular complexity index is 910. The number of amides is 2. The van der Waals surface area contributed by atoms with Crippen LogP contribution in [0.4, 0.5) is 13.6 Å². The van der Waals surface area contributed by atoms with Crippen LogP contribution in [0.5, 0.6) is 5.75 Å². The normalized spacial score (nSPS) is 15.1. The minimum Gasteiger partial charge on any atom is -0.491 e. The zero-order valence-corrected chi connectivity index (χ0v) is 19.3. The first-order valence-electron chi connectivity index (χ1n) is 11.2. The summed E-state index contributed by atoms with van der Waals surface area (Å²) in [4.78, 5) is 16.8. The molecule has 32 heavy (non-hydrogen) atoms. The number of piperidine rings is 1. The van der Waals surface area contributed by atoms with Gasteiger partial charge in [-0.2, -0.15) is 0 Å². The van der Waals surface area contributed by atoms with Gasteiger partial charge in [-0.3, -0.25) is 0 Å². The monoisotopic (exact) mass is 445 g/mol. The number of rotatable bonds is 7. The number of carbonyl (C=O) groups is 1. The summed E-state index contributed by atoms with van der Waals surface area (Å²) in [5, 5.41) is 3.06. The van der Waals surface area contributed by atoms with Gasteiger partial charge in [-0.1, -0.05) is 18.2 Å². The molecule has 0 saturated carbocycles. The van der Waals surface area contributed by atoms with Gasteiger partial charge in [-0.25, -0.2) is 13.6 Å². The topological polar surface area (TPSA) is 44.8 Å². The molecule has 5 nitrogen and oxygen atoms in total. The molecule has 1 saturated heterocycles. The molecule has 2 aromatic carbocycles. The van der Waals surface area contributed by atoms with Crippen LogP contribution in [-0.2, 0) is 13.1 Å². The van der Waals surface area contributed by atoms with E-state index >= 15 is 0 Å². The fourth-order valence-electron chi connectivity index (χ4n) is 3.83. The molecular weight excluding hydrogens is 412 g/mol. The summed E-state index contributed by atoms with van der Waals surface area (Å²) in [6, 6.07) is 9.82. The minimum absolute atomic E-state index is 0.0511. The van der Waals surface area contributed by atoms with E-state index in [1.165, 1.54) is 17.0 Å². The van der Waals surface area contributed by atoms with Crippen LogP contribution in [0.2, 0.25) is 0 Å². The van der Waals surface area contributed by atoms with Crippen molar-refractivity contribution in [3.8, 4) is 5.75 Å². The third-order valence-electron chi connectivity index (χ3n) is 5.73. The van der Waals surface area contributed by atoms with Crippen molar-refractivity contribution >= 4 is 6.03 Å². The largest absolute Gasteiger partial charge is 0.491 e. The number of ether oxygens (including phenoxy) is 1. The van der Waals surface area contributed by atoms with Crippen molar-refractivity contribution in [2.45, 2.75) is 58.8 Å². The lowest BCUT2D eigenvalue weighted by atomic mass is 10.1. The average molecular weight is 446 g/mol. The highest BCUT2D eigenvalue weighted by atomic mass is 19.1. The molecule has 0 aliphatic carbocycles. The molecule has 7 heteroatoms. The molecule has 3 rings (SSSR count). The van der Waals surface area contributed by atoms with Crippen molar-refractivity contribution in [2.75, 3.05) is 20.1 Å². The number of likely N-dealkylation sites (tertiary alicyclic amines) is 1. The molecule has 0 radical (unpaired) electrons. The molecule has 2 aromatic rings. The number of nitrogens with one attached hydrogen (secondary N) is 1. The first-order chi connectivity index (χ1) is 15.2. The average Bonchev–Trinajstić information content (AvgIpc) is 2.75. The fraction of sp³-hybridized carbons (Fsp3) is 0.480. The number of hydrogen-bond acceptors (Lipinski definition) is 3. The minimum atomic E-state index is -0.647. The van der Waals surface area contributed by atoms with E-state index in [2.05, 4.69) is 17.3 Å². The molecule has 174 valence electrons. The highest BCUT2D eigenvalue weighted by Gasteiger charge is 2.24. The van der Waals surface area contributed by atoms with Gasteiger partial charge in [0.05, 0.1) is 12.6 Å². The third-order valence-corrected chi connectivity index (χ3v) is 5.73. The standard InChI is InChI=1S/C25H33F2N3O2/c1-17(2)32-21-8-6-19(7-9-21)15-30(16-22-23(26)10-5-18(3)24(22)27)25(31)28-20-11-13-29(4)14-12-20/h5-10,17,20H,11-16H2,1-4H3,(H,28,31). The summed E-state index contributed by atoms with van der Waals surface area (Å²) >= 11 is 0. The predicted molar refractivity (Wildman–Crippen MR) is 122 cm³/mol. The van der Waals surface area contributed by atoms with Crippen molar-refractivity contribution in [3.63, 3.8) is 0 Å². The predicted octanol–water partition coefficient (Wildman–Crippen LogP) is 4.87. The molecular formula is C25H33F2N3O2. The molecule has 1 aliphatic rings. The van der Waals surface area contributed by atoms with Gasteiger partial charge < -0.3 is 19.9 Å². The van der Waals surface area contributed by atoms with E-state index in [1.807, 2.05) is 38.1 Å². The second kappa shape index (κ2) is 10.8. The van der Waals surface area contributed by atoms with E-state index in [0.29, 0.717) is 5.56 Å². The smallest absolute Gasteiger partial charge is 0.318 e. The third kappa shape index (κ3) is 6.42. The highest BCUT2D eigenvalue weighted by Crippen LogP contribution is 2.21. The van der Waals surface area contributed by atoms with Gasteiger partial charge in [0.1, 0.15) is 17.4 Å². The van der Waals surface area contributed by atoms with Crippen LogP contribution in [0.3, 0.4) is 0 Å². The SMILES string of the molecule is Cc1ccc(F)c(CN(Cc2ccc(OC(C)C)cc2)C(=O)NC2CCN(C)CC2)c1F. The molecule has 0 atom stereocenters. The van der Waals surface area contributed by atoms with Crippen LogP contribution in [0, 0.1) is 18.6 Å². The van der Waals surface area contributed by atoms with Gasteiger partial charge in [0.15, 0.2) is 0 Å². The second-order valence-corrected chi connectivity index (χ2v) is 8.85. The molecule has 0 spiro atoms. The van der Waals surface area contributed by atoms with E-state index in [4.69, 9.17) is 4.74 Å². The summed E-state index contributed by atoms with van der Waals surface area (Å²) in [7, 11) is 2.06. The van der Waals surface area contributed by atoms with Crippen LogP contribution in [-0.4, -0.2) is 48.1 Å². The van der Waals surface area contributed by atoms with E-state index < -0.39 is 11.6 Å². The number of halogens is 2. The summed E-state index contributed by atoms with van der Waals surface area (Å²) in [6.07, 6.45) is 1.76. The Morgan fingerprint density at radius 3 is 2.41 bits per heavy atom. The van der Waals surface area contributed by atoms with E-state index in [0.717, 1.165) is 37.2 Å². The Morgan fingerprint density at radius 2 is 1.78 bits per heavy atom. The maximum atomic E-state index is 14.7. The number of hydrogen-bond donors (Lipinski definition) is 1. The van der Waals surface area contributed by atoms with Gasteiger partial charge in [-0.15, -0.1) is 0 Å². The summed E-state index contributed by atoms with van der Waals surface area (Å²) < 4.78 is 34.8. The lowest BCUT2D eigenvalue weighted by Gasteiger charge is -2.32. The number of aryl methyl sites for hydroxylation is 1. The quantitative estimate of drug-likeness (QED) is 0.662. The zero-order chi connectivity index (χ0) is 23.3. The fourth-order valence-corrected chi connectivity index (χ4v) is 3.83. The van der Waals surface area contributed by atoms with Crippen LogP contribution >= 0.6 is 0 Å². The lowest BCUT2D eigenvalue weighted by molar-refractivity contribution is 0.175. The van der Waals surface area contributed by atoms with Gasteiger partial charge in [0.2, 0.25) is 0 Å². The molecule has 1 aliphatic heterocycles.